The first-order chi connectivity index (χ1) is 16.1. The number of nitriles is 1. The first kappa shape index (κ1) is 24.7. The molecule has 0 radical (unpaired) electrons. The van der Waals surface area contributed by atoms with Gasteiger partial charge in [-0.3, -0.25) is 4.90 Å². The molecule has 1 heterocycles. The number of carbonyl (C=O) groups excluding carboxylic acids is 2. The van der Waals surface area contributed by atoms with Gasteiger partial charge in [0.15, 0.2) is 0 Å². The second-order valence-corrected chi connectivity index (χ2v) is 7.35. The molecule has 2 aromatic carbocycles. The first-order valence-corrected chi connectivity index (χ1v) is 9.97. The molecule has 2 aromatic rings. The number of nitrogens with two attached hydrogens (primary N) is 1. The Morgan fingerprint density at radius 3 is 2.21 bits per heavy atom. The van der Waals surface area contributed by atoms with Crippen LogP contribution in [0.15, 0.2) is 71.2 Å². The molecule has 176 valence electrons. The number of benzene rings is 2. The molecule has 3 rings (SSSR count). The zero-order chi connectivity index (χ0) is 25.2. The van der Waals surface area contributed by atoms with Gasteiger partial charge < -0.3 is 15.2 Å². The summed E-state index contributed by atoms with van der Waals surface area (Å²) in [5.41, 5.74) is 4.02. The second kappa shape index (κ2) is 9.49. The van der Waals surface area contributed by atoms with Crippen molar-refractivity contribution >= 4 is 29.2 Å². The molecule has 0 saturated heterocycles. The Bertz CT molecular complexity index is 1250. The molecule has 1 atom stereocenters. The zero-order valence-corrected chi connectivity index (χ0v) is 18.6. The van der Waals surface area contributed by atoms with Crippen molar-refractivity contribution in [1.29, 1.82) is 5.26 Å². The number of alkyl halides is 3. The second-order valence-electron chi connectivity index (χ2n) is 6.97. The van der Waals surface area contributed by atoms with Gasteiger partial charge in [-0.05, 0) is 17.7 Å². The van der Waals surface area contributed by atoms with E-state index in [0.29, 0.717) is 5.56 Å². The van der Waals surface area contributed by atoms with Crippen LogP contribution in [0.3, 0.4) is 0 Å². The van der Waals surface area contributed by atoms with Crippen LogP contribution in [0, 0.1) is 11.3 Å². The molecule has 0 saturated carbocycles. The molecule has 0 amide bonds. The van der Waals surface area contributed by atoms with Gasteiger partial charge in [0.1, 0.15) is 11.5 Å². The maximum Gasteiger partial charge on any atom is 0.417 e. The first-order valence-electron chi connectivity index (χ1n) is 9.59. The van der Waals surface area contributed by atoms with Gasteiger partial charge in [-0.2, -0.15) is 18.4 Å². The highest BCUT2D eigenvalue weighted by molar-refractivity contribution is 6.34. The lowest BCUT2D eigenvalue weighted by Gasteiger charge is -2.36. The van der Waals surface area contributed by atoms with Crippen molar-refractivity contribution in [3.63, 3.8) is 0 Å². The van der Waals surface area contributed by atoms with Crippen molar-refractivity contribution < 1.29 is 32.2 Å². The number of nitrogens with zero attached hydrogens (tertiary/aromatic N) is 2. The van der Waals surface area contributed by atoms with E-state index in [1.807, 2.05) is 6.07 Å². The molecule has 34 heavy (non-hydrogen) atoms. The minimum atomic E-state index is -4.83. The SMILES string of the molecule is COC(=O)C1=C(C(=O)OC)N(c2cccc(C(F)(F)F)c2Cl)C(N)=C(C#N)C1c1ccccc1. The van der Waals surface area contributed by atoms with Crippen molar-refractivity contribution in [2.45, 2.75) is 12.1 Å². The standard InChI is InChI=1S/C23H17ClF3N3O4/c1-33-21(31)17-16(12-7-4-3-5-8-12)13(11-28)20(29)30(19(17)22(32)34-2)15-10-6-9-14(18(15)24)23(25,26)27/h3-10,16H,29H2,1-2H3. The van der Waals surface area contributed by atoms with Crippen molar-refractivity contribution in [2.24, 2.45) is 5.73 Å². The number of methoxy groups -OCH3 is 2. The van der Waals surface area contributed by atoms with E-state index < -0.39 is 46.1 Å². The third-order valence-electron chi connectivity index (χ3n) is 5.13. The molecule has 0 spiro atoms. The number of anilines is 1. The van der Waals surface area contributed by atoms with Gasteiger partial charge in [0.2, 0.25) is 0 Å². The Morgan fingerprint density at radius 1 is 1.06 bits per heavy atom. The number of hydrogen-bond donors (Lipinski definition) is 1. The van der Waals surface area contributed by atoms with Crippen LogP contribution in [-0.2, 0) is 25.2 Å². The van der Waals surface area contributed by atoms with Gasteiger partial charge in [0, 0.05) is 0 Å². The third-order valence-corrected chi connectivity index (χ3v) is 5.53. The molecule has 0 aliphatic carbocycles. The summed E-state index contributed by atoms with van der Waals surface area (Å²) in [4.78, 5) is 26.7. The van der Waals surface area contributed by atoms with Gasteiger partial charge in [0.05, 0.1) is 53.6 Å². The summed E-state index contributed by atoms with van der Waals surface area (Å²) in [6, 6.07) is 13.1. The molecule has 1 aliphatic rings. The smallest absolute Gasteiger partial charge is 0.417 e. The summed E-state index contributed by atoms with van der Waals surface area (Å²) >= 11 is 6.10. The van der Waals surface area contributed by atoms with Crippen LogP contribution in [0.2, 0.25) is 5.02 Å². The maximum atomic E-state index is 13.5. The predicted molar refractivity (Wildman–Crippen MR) is 116 cm³/mol. The molecule has 7 nitrogen and oxygen atoms in total. The summed E-state index contributed by atoms with van der Waals surface area (Å²) in [6.45, 7) is 0. The van der Waals surface area contributed by atoms with Gasteiger partial charge in [-0.25, -0.2) is 9.59 Å². The molecular formula is C23H17ClF3N3O4. The van der Waals surface area contributed by atoms with Crippen molar-refractivity contribution in [2.75, 3.05) is 19.1 Å². The van der Waals surface area contributed by atoms with E-state index >= 15 is 0 Å². The molecule has 11 heteroatoms. The third kappa shape index (κ3) is 4.18. The fourth-order valence-corrected chi connectivity index (χ4v) is 3.99. The minimum absolute atomic E-state index is 0.201. The Labute approximate surface area is 197 Å². The molecule has 1 unspecified atom stereocenters. The van der Waals surface area contributed by atoms with Crippen molar-refractivity contribution in [3.05, 3.63) is 87.3 Å². The van der Waals surface area contributed by atoms with E-state index in [0.717, 1.165) is 31.3 Å². The van der Waals surface area contributed by atoms with Crippen molar-refractivity contribution in [3.8, 4) is 6.07 Å². The van der Waals surface area contributed by atoms with Gasteiger partial charge in [-0.15, -0.1) is 0 Å². The number of ether oxygens (including phenoxy) is 2. The lowest BCUT2D eigenvalue weighted by molar-refractivity contribution is -0.139. The van der Waals surface area contributed by atoms with E-state index in [-0.39, 0.29) is 16.8 Å². The molecule has 1 aliphatic heterocycles. The number of halogens is 4. The molecule has 0 bridgehead atoms. The number of allylic oxidation sites excluding steroid dienone is 1. The summed E-state index contributed by atoms with van der Waals surface area (Å²) < 4.78 is 50.3. The van der Waals surface area contributed by atoms with E-state index in [2.05, 4.69) is 0 Å². The van der Waals surface area contributed by atoms with E-state index in [1.165, 1.54) is 6.07 Å². The van der Waals surface area contributed by atoms with Crippen LogP contribution >= 0.6 is 11.6 Å². The summed E-state index contributed by atoms with van der Waals surface area (Å²) in [5.74, 6) is -3.67. The fraction of sp³-hybridized carbons (Fsp3) is 0.174. The quantitative estimate of drug-likeness (QED) is 0.637. The van der Waals surface area contributed by atoms with Gasteiger partial charge in [-0.1, -0.05) is 48.0 Å². The van der Waals surface area contributed by atoms with Gasteiger partial charge in [0.25, 0.3) is 0 Å². The number of hydrogen-bond acceptors (Lipinski definition) is 7. The van der Waals surface area contributed by atoms with Crippen LogP contribution < -0.4 is 10.6 Å². The van der Waals surface area contributed by atoms with E-state index in [1.54, 1.807) is 30.3 Å². The fourth-order valence-electron chi connectivity index (χ4n) is 3.67. The summed E-state index contributed by atoms with van der Waals surface area (Å²) in [7, 11) is 2.08. The predicted octanol–water partition coefficient (Wildman–Crippen LogP) is 4.26. The number of esters is 2. The Morgan fingerprint density at radius 2 is 1.68 bits per heavy atom. The topological polar surface area (TPSA) is 106 Å². The Balaban J connectivity index is 2.46. The van der Waals surface area contributed by atoms with E-state index in [9.17, 15) is 28.0 Å². The molecule has 0 fully saturated rings. The average molecular weight is 492 g/mol. The van der Waals surface area contributed by atoms with Crippen LogP contribution in [0.25, 0.3) is 0 Å². The number of rotatable bonds is 4. The largest absolute Gasteiger partial charge is 0.466 e. The molecular weight excluding hydrogens is 475 g/mol. The van der Waals surface area contributed by atoms with Crippen LogP contribution in [0.5, 0.6) is 0 Å². The highest BCUT2D eigenvalue weighted by Gasteiger charge is 2.44. The van der Waals surface area contributed by atoms with E-state index in [4.69, 9.17) is 26.8 Å². The number of carbonyl (C=O) groups is 2. The Kier molecular flexibility index (Phi) is 6.88. The monoisotopic (exact) mass is 491 g/mol. The van der Waals surface area contributed by atoms with Gasteiger partial charge >= 0.3 is 18.1 Å². The summed E-state index contributed by atoms with van der Waals surface area (Å²) in [5, 5.41) is 9.15. The summed E-state index contributed by atoms with van der Waals surface area (Å²) in [6.07, 6.45) is -4.83. The maximum absolute atomic E-state index is 13.5. The zero-order valence-electron chi connectivity index (χ0n) is 17.8. The van der Waals surface area contributed by atoms with Crippen LogP contribution in [-0.4, -0.2) is 26.2 Å². The van der Waals surface area contributed by atoms with Crippen molar-refractivity contribution in [1.82, 2.24) is 0 Å². The normalized spacial score (nSPS) is 16.3. The lowest BCUT2D eigenvalue weighted by atomic mass is 9.81. The highest BCUT2D eigenvalue weighted by Crippen LogP contribution is 2.46. The highest BCUT2D eigenvalue weighted by atomic mass is 35.5. The minimum Gasteiger partial charge on any atom is -0.466 e. The lowest BCUT2D eigenvalue weighted by Crippen LogP contribution is -2.41. The molecule has 0 aromatic heterocycles. The molecule has 2 N–H and O–H groups in total. The average Bonchev–Trinajstić information content (AvgIpc) is 2.82. The van der Waals surface area contributed by atoms with Crippen LogP contribution in [0.1, 0.15) is 17.0 Å². The Hall–Kier alpha value is -3.97. The van der Waals surface area contributed by atoms with Crippen LogP contribution in [0.4, 0.5) is 18.9 Å².